The molecule has 0 aliphatic heterocycles. The lowest BCUT2D eigenvalue weighted by Crippen LogP contribution is -1.75. The van der Waals surface area contributed by atoms with E-state index in [1.54, 1.807) is 18.2 Å². The topological polar surface area (TPSA) is 0 Å². The molecule has 0 spiro atoms. The Balaban J connectivity index is 2.79. The van der Waals surface area contributed by atoms with Gasteiger partial charge in [-0.25, -0.2) is 4.39 Å². The molecule has 58 valence electrons. The van der Waals surface area contributed by atoms with Gasteiger partial charge in [0.05, 0.1) is 0 Å². The van der Waals surface area contributed by atoms with Crippen molar-refractivity contribution in [2.75, 3.05) is 5.88 Å². The Morgan fingerprint density at radius 3 is 2.91 bits per heavy atom. The highest BCUT2D eigenvalue weighted by molar-refractivity contribution is 6.19. The first-order valence-electron chi connectivity index (χ1n) is 3.31. The molecule has 2 heteroatoms. The lowest BCUT2D eigenvalue weighted by molar-refractivity contribution is 0.627. The summed E-state index contributed by atoms with van der Waals surface area (Å²) in [5, 5.41) is 0. The molecule has 0 nitrogen and oxygen atoms in total. The minimum atomic E-state index is -0.221. The average Bonchev–Trinajstić information content (AvgIpc) is 2.01. The van der Waals surface area contributed by atoms with Crippen molar-refractivity contribution < 1.29 is 4.39 Å². The van der Waals surface area contributed by atoms with Crippen LogP contribution in [-0.2, 0) is 0 Å². The zero-order valence-corrected chi connectivity index (χ0v) is 6.68. The Bertz CT molecular complexity index is 255. The monoisotopic (exact) mass is 170 g/mol. The molecule has 0 aromatic heterocycles. The van der Waals surface area contributed by atoms with E-state index in [0.717, 1.165) is 5.56 Å². The Morgan fingerprint density at radius 1 is 1.45 bits per heavy atom. The quantitative estimate of drug-likeness (QED) is 0.599. The van der Waals surface area contributed by atoms with Crippen LogP contribution < -0.4 is 0 Å². The van der Waals surface area contributed by atoms with Crippen molar-refractivity contribution in [2.45, 2.75) is 0 Å². The van der Waals surface area contributed by atoms with Crippen molar-refractivity contribution in [1.29, 1.82) is 0 Å². The summed E-state index contributed by atoms with van der Waals surface area (Å²) < 4.78 is 12.5. The standard InChI is InChI=1S/C9H8ClF/c10-6-2-4-8-3-1-5-9(11)7-8/h1-5,7H,6H2. The minimum Gasteiger partial charge on any atom is -0.207 e. The lowest BCUT2D eigenvalue weighted by Gasteiger charge is -1.91. The summed E-state index contributed by atoms with van der Waals surface area (Å²) in [4.78, 5) is 0. The van der Waals surface area contributed by atoms with E-state index in [2.05, 4.69) is 0 Å². The summed E-state index contributed by atoms with van der Waals surface area (Å²) in [7, 11) is 0. The maximum atomic E-state index is 12.5. The summed E-state index contributed by atoms with van der Waals surface area (Å²) in [6.07, 6.45) is 3.56. The van der Waals surface area contributed by atoms with Crippen LogP contribution in [0.25, 0.3) is 6.08 Å². The van der Waals surface area contributed by atoms with Gasteiger partial charge in [0.25, 0.3) is 0 Å². The highest BCUT2D eigenvalue weighted by atomic mass is 35.5. The van der Waals surface area contributed by atoms with Crippen LogP contribution in [-0.4, -0.2) is 5.88 Å². The molecule has 0 heterocycles. The second kappa shape index (κ2) is 4.14. The Morgan fingerprint density at radius 2 is 2.27 bits per heavy atom. The van der Waals surface area contributed by atoms with Gasteiger partial charge in [-0.15, -0.1) is 11.6 Å². The van der Waals surface area contributed by atoms with Gasteiger partial charge < -0.3 is 0 Å². The van der Waals surface area contributed by atoms with E-state index in [0.29, 0.717) is 5.88 Å². The van der Waals surface area contributed by atoms with Crippen molar-refractivity contribution in [2.24, 2.45) is 0 Å². The van der Waals surface area contributed by atoms with Gasteiger partial charge >= 0.3 is 0 Å². The number of rotatable bonds is 2. The fourth-order valence-electron chi connectivity index (χ4n) is 0.791. The maximum absolute atomic E-state index is 12.5. The SMILES string of the molecule is Fc1cccc(C=CCCl)c1. The molecule has 0 atom stereocenters. The molecule has 1 aromatic carbocycles. The van der Waals surface area contributed by atoms with Crippen LogP contribution in [0.3, 0.4) is 0 Å². The molecule has 0 aliphatic carbocycles. The predicted octanol–water partition coefficient (Wildman–Crippen LogP) is 3.08. The summed E-state index contributed by atoms with van der Waals surface area (Å²) >= 11 is 5.41. The molecule has 0 unspecified atom stereocenters. The van der Waals surface area contributed by atoms with Crippen LogP contribution in [0.1, 0.15) is 5.56 Å². The minimum absolute atomic E-state index is 0.221. The summed E-state index contributed by atoms with van der Waals surface area (Å²) in [6.45, 7) is 0. The van der Waals surface area contributed by atoms with Gasteiger partial charge in [0.2, 0.25) is 0 Å². The molecule has 0 radical (unpaired) electrons. The first-order chi connectivity index (χ1) is 5.33. The molecule has 11 heavy (non-hydrogen) atoms. The molecule has 0 saturated carbocycles. The van der Waals surface area contributed by atoms with Gasteiger partial charge in [0.15, 0.2) is 0 Å². The number of hydrogen-bond acceptors (Lipinski definition) is 0. The van der Waals surface area contributed by atoms with E-state index < -0.39 is 0 Å². The van der Waals surface area contributed by atoms with Gasteiger partial charge in [-0.1, -0.05) is 24.3 Å². The predicted molar refractivity (Wildman–Crippen MR) is 46.2 cm³/mol. The largest absolute Gasteiger partial charge is 0.207 e. The van der Waals surface area contributed by atoms with Crippen molar-refractivity contribution in [3.8, 4) is 0 Å². The molecule has 0 amide bonds. The van der Waals surface area contributed by atoms with E-state index in [-0.39, 0.29) is 5.82 Å². The van der Waals surface area contributed by atoms with Gasteiger partial charge in [-0.2, -0.15) is 0 Å². The number of halogens is 2. The van der Waals surface area contributed by atoms with Crippen LogP contribution in [0.2, 0.25) is 0 Å². The van der Waals surface area contributed by atoms with Crippen LogP contribution in [0, 0.1) is 5.82 Å². The normalized spacial score (nSPS) is 10.7. The third-order valence-corrected chi connectivity index (χ3v) is 1.43. The van der Waals surface area contributed by atoms with Crippen LogP contribution in [0.15, 0.2) is 30.3 Å². The molecule has 0 bridgehead atoms. The number of allylic oxidation sites excluding steroid dienone is 1. The summed E-state index contributed by atoms with van der Waals surface area (Å²) in [6, 6.07) is 6.37. The molecule has 0 fully saturated rings. The fraction of sp³-hybridized carbons (Fsp3) is 0.111. The zero-order chi connectivity index (χ0) is 8.10. The molecule has 0 N–H and O–H groups in total. The number of hydrogen-bond donors (Lipinski definition) is 0. The molecular formula is C9H8ClF. The van der Waals surface area contributed by atoms with Crippen LogP contribution >= 0.6 is 11.6 Å². The van der Waals surface area contributed by atoms with Crippen molar-refractivity contribution in [1.82, 2.24) is 0 Å². The van der Waals surface area contributed by atoms with Crippen molar-refractivity contribution in [3.63, 3.8) is 0 Å². The van der Waals surface area contributed by atoms with Gasteiger partial charge in [0.1, 0.15) is 5.82 Å². The molecule has 1 rings (SSSR count). The summed E-state index contributed by atoms with van der Waals surface area (Å²) in [5.41, 5.74) is 0.839. The first kappa shape index (κ1) is 8.28. The van der Waals surface area contributed by atoms with Crippen LogP contribution in [0.5, 0.6) is 0 Å². The maximum Gasteiger partial charge on any atom is 0.123 e. The highest BCUT2D eigenvalue weighted by Crippen LogP contribution is 2.05. The molecule has 0 saturated heterocycles. The third kappa shape index (κ3) is 2.72. The molecule has 1 aromatic rings. The average molecular weight is 171 g/mol. The van der Waals surface area contributed by atoms with E-state index in [9.17, 15) is 4.39 Å². The van der Waals surface area contributed by atoms with E-state index >= 15 is 0 Å². The smallest absolute Gasteiger partial charge is 0.123 e. The van der Waals surface area contributed by atoms with Crippen molar-refractivity contribution >= 4 is 17.7 Å². The van der Waals surface area contributed by atoms with E-state index in [1.165, 1.54) is 12.1 Å². The Kier molecular flexibility index (Phi) is 3.12. The van der Waals surface area contributed by atoms with Crippen LogP contribution in [0.4, 0.5) is 4.39 Å². The Labute approximate surface area is 70.3 Å². The highest BCUT2D eigenvalue weighted by Gasteiger charge is 1.88. The first-order valence-corrected chi connectivity index (χ1v) is 3.84. The second-order valence-corrected chi connectivity index (χ2v) is 2.42. The van der Waals surface area contributed by atoms with Gasteiger partial charge in [-0.05, 0) is 17.7 Å². The third-order valence-electron chi connectivity index (χ3n) is 1.25. The Hall–Kier alpha value is -0.820. The second-order valence-electron chi connectivity index (χ2n) is 2.11. The number of alkyl halides is 1. The lowest BCUT2D eigenvalue weighted by atomic mass is 10.2. The number of benzene rings is 1. The van der Waals surface area contributed by atoms with E-state index in [4.69, 9.17) is 11.6 Å². The summed E-state index contributed by atoms with van der Waals surface area (Å²) in [5.74, 6) is 0.234. The van der Waals surface area contributed by atoms with Crippen molar-refractivity contribution in [3.05, 3.63) is 41.7 Å². The fourth-order valence-corrected chi connectivity index (χ4v) is 0.880. The zero-order valence-electron chi connectivity index (χ0n) is 5.93. The molecular weight excluding hydrogens is 163 g/mol. The molecule has 0 aliphatic rings. The van der Waals surface area contributed by atoms with Gasteiger partial charge in [0, 0.05) is 5.88 Å². The van der Waals surface area contributed by atoms with E-state index in [1.807, 2.05) is 6.07 Å². The van der Waals surface area contributed by atoms with Gasteiger partial charge in [-0.3, -0.25) is 0 Å².